The fourth-order valence-corrected chi connectivity index (χ4v) is 4.42. The van der Waals surface area contributed by atoms with Gasteiger partial charge < -0.3 is 29.1 Å². The summed E-state index contributed by atoms with van der Waals surface area (Å²) in [6.07, 6.45) is -0.139. The SMILES string of the molecule is CCN1C(C(=O)O)=C(c2ccc(Oc3ccccc3)cc2)OC1C1CCN(C(=O)OC(C)(C)C)C1. The number of para-hydroxylation sites is 1. The third-order valence-corrected chi connectivity index (χ3v) is 5.97. The maximum atomic E-state index is 12.5. The minimum Gasteiger partial charge on any atom is -0.476 e. The average molecular weight is 481 g/mol. The molecule has 2 heterocycles. The Labute approximate surface area is 205 Å². The van der Waals surface area contributed by atoms with Gasteiger partial charge in [0.25, 0.3) is 0 Å². The highest BCUT2D eigenvalue weighted by Gasteiger charge is 2.44. The zero-order chi connectivity index (χ0) is 25.2. The number of carbonyl (C=O) groups excluding carboxylic acids is 1. The van der Waals surface area contributed by atoms with Crippen LogP contribution in [-0.4, -0.2) is 58.4 Å². The van der Waals surface area contributed by atoms with Crippen molar-refractivity contribution >= 4 is 17.8 Å². The first kappa shape index (κ1) is 24.4. The van der Waals surface area contributed by atoms with E-state index < -0.39 is 17.8 Å². The van der Waals surface area contributed by atoms with Gasteiger partial charge in [0.1, 0.15) is 17.1 Å². The minimum absolute atomic E-state index is 0.0463. The normalized spacial score (nSPS) is 20.1. The molecule has 186 valence electrons. The van der Waals surface area contributed by atoms with E-state index in [2.05, 4.69) is 0 Å². The molecule has 2 aromatic rings. The number of ether oxygens (including phenoxy) is 3. The van der Waals surface area contributed by atoms with E-state index in [1.807, 2.05) is 58.0 Å². The molecule has 0 saturated carbocycles. The number of carboxylic acids is 1. The Balaban J connectivity index is 1.51. The predicted octanol–water partition coefficient (Wildman–Crippen LogP) is 5.17. The first-order chi connectivity index (χ1) is 16.7. The van der Waals surface area contributed by atoms with Crippen LogP contribution in [0.5, 0.6) is 11.5 Å². The summed E-state index contributed by atoms with van der Waals surface area (Å²) >= 11 is 0. The van der Waals surface area contributed by atoms with Crippen molar-refractivity contribution in [1.82, 2.24) is 9.80 Å². The number of amides is 1. The lowest BCUT2D eigenvalue weighted by molar-refractivity contribution is -0.135. The Morgan fingerprint density at radius 3 is 2.31 bits per heavy atom. The number of hydrogen-bond acceptors (Lipinski definition) is 6. The van der Waals surface area contributed by atoms with Crippen LogP contribution in [0.25, 0.3) is 5.76 Å². The van der Waals surface area contributed by atoms with Gasteiger partial charge in [-0.15, -0.1) is 0 Å². The fraction of sp³-hybridized carbons (Fsp3) is 0.407. The van der Waals surface area contributed by atoms with Crippen LogP contribution in [0.1, 0.15) is 39.7 Å². The highest BCUT2D eigenvalue weighted by atomic mass is 16.6. The number of carbonyl (C=O) groups is 2. The second-order valence-corrected chi connectivity index (χ2v) is 9.69. The molecule has 2 aliphatic rings. The van der Waals surface area contributed by atoms with Gasteiger partial charge in [-0.1, -0.05) is 18.2 Å². The molecule has 0 bridgehead atoms. The van der Waals surface area contributed by atoms with Crippen LogP contribution in [0.3, 0.4) is 0 Å². The number of likely N-dealkylation sites (N-methyl/N-ethyl adjacent to an activating group) is 1. The standard InChI is InChI=1S/C27H32N2O6/c1-5-29-22(25(30)31)23(18-11-13-21(14-12-18)33-20-9-7-6-8-10-20)34-24(29)19-15-16-28(17-19)26(32)35-27(2,3)4/h6-14,19,24H,5,15-17H2,1-4H3,(H,30,31). The fourth-order valence-electron chi connectivity index (χ4n) is 4.42. The van der Waals surface area contributed by atoms with Crippen molar-refractivity contribution in [2.24, 2.45) is 5.92 Å². The minimum atomic E-state index is -1.05. The molecule has 0 aromatic heterocycles. The highest BCUT2D eigenvalue weighted by Crippen LogP contribution is 2.39. The maximum Gasteiger partial charge on any atom is 0.410 e. The van der Waals surface area contributed by atoms with E-state index in [1.165, 1.54) is 0 Å². The van der Waals surface area contributed by atoms with Gasteiger partial charge in [0.2, 0.25) is 0 Å². The van der Waals surface area contributed by atoms with Gasteiger partial charge in [-0.05, 0) is 70.5 Å². The zero-order valence-corrected chi connectivity index (χ0v) is 20.6. The van der Waals surface area contributed by atoms with Crippen molar-refractivity contribution in [3.63, 3.8) is 0 Å². The molecule has 2 aromatic carbocycles. The summed E-state index contributed by atoms with van der Waals surface area (Å²) in [7, 11) is 0. The first-order valence-electron chi connectivity index (χ1n) is 11.9. The van der Waals surface area contributed by atoms with E-state index in [9.17, 15) is 14.7 Å². The quantitative estimate of drug-likeness (QED) is 0.610. The molecule has 2 unspecified atom stereocenters. The van der Waals surface area contributed by atoms with Gasteiger partial charge in [0, 0.05) is 31.1 Å². The molecule has 0 radical (unpaired) electrons. The molecular weight excluding hydrogens is 448 g/mol. The lowest BCUT2D eigenvalue weighted by Crippen LogP contribution is -2.41. The summed E-state index contributed by atoms with van der Waals surface area (Å²) < 4.78 is 17.7. The monoisotopic (exact) mass is 480 g/mol. The molecule has 0 spiro atoms. The molecule has 0 aliphatic carbocycles. The largest absolute Gasteiger partial charge is 0.476 e. The summed E-state index contributed by atoms with van der Waals surface area (Å²) in [6.45, 7) is 8.86. The smallest absolute Gasteiger partial charge is 0.410 e. The molecule has 2 atom stereocenters. The second-order valence-electron chi connectivity index (χ2n) is 9.69. The average Bonchev–Trinajstić information content (AvgIpc) is 3.44. The summed E-state index contributed by atoms with van der Waals surface area (Å²) in [5.74, 6) is 0.594. The predicted molar refractivity (Wildman–Crippen MR) is 131 cm³/mol. The third-order valence-electron chi connectivity index (χ3n) is 5.97. The number of nitrogens with zero attached hydrogens (tertiary/aromatic N) is 2. The second kappa shape index (κ2) is 9.90. The van der Waals surface area contributed by atoms with Crippen molar-refractivity contribution in [3.8, 4) is 11.5 Å². The summed E-state index contributed by atoms with van der Waals surface area (Å²) in [5.41, 5.74) is 0.214. The summed E-state index contributed by atoms with van der Waals surface area (Å²) in [4.78, 5) is 28.2. The lowest BCUT2D eigenvalue weighted by atomic mass is 10.1. The summed E-state index contributed by atoms with van der Waals surface area (Å²) in [6, 6.07) is 16.6. The number of aliphatic carboxylic acids is 1. The van der Waals surface area contributed by atoms with Crippen molar-refractivity contribution < 1.29 is 28.9 Å². The number of benzene rings is 2. The van der Waals surface area contributed by atoms with Crippen LogP contribution >= 0.6 is 0 Å². The zero-order valence-electron chi connectivity index (χ0n) is 20.6. The first-order valence-corrected chi connectivity index (χ1v) is 11.9. The van der Waals surface area contributed by atoms with E-state index in [0.29, 0.717) is 43.1 Å². The molecule has 1 amide bonds. The number of hydrogen-bond donors (Lipinski definition) is 1. The maximum absolute atomic E-state index is 12.5. The Morgan fingerprint density at radius 2 is 1.71 bits per heavy atom. The Bertz CT molecular complexity index is 1090. The van der Waals surface area contributed by atoms with Crippen LogP contribution in [0, 0.1) is 5.92 Å². The van der Waals surface area contributed by atoms with E-state index >= 15 is 0 Å². The third kappa shape index (κ3) is 5.53. The van der Waals surface area contributed by atoms with Crippen LogP contribution in [-0.2, 0) is 14.3 Å². The highest BCUT2D eigenvalue weighted by molar-refractivity contribution is 5.95. The Morgan fingerprint density at radius 1 is 1.06 bits per heavy atom. The van der Waals surface area contributed by atoms with Crippen LogP contribution in [0.2, 0.25) is 0 Å². The van der Waals surface area contributed by atoms with Gasteiger partial charge in [0.15, 0.2) is 17.7 Å². The van der Waals surface area contributed by atoms with Crippen molar-refractivity contribution in [1.29, 1.82) is 0 Å². The van der Waals surface area contributed by atoms with E-state index in [4.69, 9.17) is 14.2 Å². The van der Waals surface area contributed by atoms with Gasteiger partial charge in [0.05, 0.1) is 0 Å². The number of carboxylic acid groups (broad SMARTS) is 1. The molecule has 35 heavy (non-hydrogen) atoms. The topological polar surface area (TPSA) is 88.5 Å². The molecule has 1 N–H and O–H groups in total. The molecule has 8 heteroatoms. The van der Waals surface area contributed by atoms with Crippen molar-refractivity contribution in [2.75, 3.05) is 19.6 Å². The van der Waals surface area contributed by atoms with Gasteiger partial charge in [-0.25, -0.2) is 9.59 Å². The number of rotatable bonds is 6. The van der Waals surface area contributed by atoms with Crippen LogP contribution in [0.15, 0.2) is 60.3 Å². The van der Waals surface area contributed by atoms with Gasteiger partial charge in [-0.2, -0.15) is 0 Å². The van der Waals surface area contributed by atoms with E-state index in [0.717, 1.165) is 5.75 Å². The van der Waals surface area contributed by atoms with Gasteiger partial charge >= 0.3 is 12.1 Å². The van der Waals surface area contributed by atoms with E-state index in [1.54, 1.807) is 34.1 Å². The molecule has 8 nitrogen and oxygen atoms in total. The molecular formula is C27H32N2O6. The lowest BCUT2D eigenvalue weighted by Gasteiger charge is -2.30. The van der Waals surface area contributed by atoms with Crippen molar-refractivity contribution in [2.45, 2.75) is 45.9 Å². The molecule has 1 fully saturated rings. The van der Waals surface area contributed by atoms with Crippen molar-refractivity contribution in [3.05, 3.63) is 65.9 Å². The molecule has 2 aliphatic heterocycles. The van der Waals surface area contributed by atoms with E-state index in [-0.39, 0.29) is 17.7 Å². The van der Waals surface area contributed by atoms with Gasteiger partial charge in [-0.3, -0.25) is 0 Å². The Hall–Kier alpha value is -3.68. The van der Waals surface area contributed by atoms with Crippen LogP contribution in [0.4, 0.5) is 4.79 Å². The Kier molecular flexibility index (Phi) is 6.91. The van der Waals surface area contributed by atoms with Crippen LogP contribution < -0.4 is 4.74 Å². The molecule has 4 rings (SSSR count). The summed E-state index contributed by atoms with van der Waals surface area (Å²) in [5, 5.41) is 10.0. The molecule has 1 saturated heterocycles. The number of likely N-dealkylation sites (tertiary alicyclic amines) is 1.